The second-order valence-corrected chi connectivity index (χ2v) is 6.40. The number of benzene rings is 1. The number of ether oxygens (including phenoxy) is 1. The molecule has 3 N–H and O–H groups in total. The molecule has 2 saturated heterocycles. The van der Waals surface area contributed by atoms with Crippen LogP contribution in [0.15, 0.2) is 24.3 Å². The van der Waals surface area contributed by atoms with Crippen LogP contribution in [-0.2, 0) is 16.1 Å². The molecule has 6 heteroatoms. The zero-order chi connectivity index (χ0) is 16.6. The highest BCUT2D eigenvalue weighted by molar-refractivity contribution is 5.97. The molecule has 0 aliphatic carbocycles. The van der Waals surface area contributed by atoms with Crippen LogP contribution in [-0.4, -0.2) is 47.2 Å². The number of carbonyl (C=O) groups excluding carboxylic acids is 2. The van der Waals surface area contributed by atoms with Crippen molar-refractivity contribution in [3.05, 3.63) is 35.4 Å². The number of piperidine rings is 1. The number of hydrogen-bond acceptors (Lipinski definition) is 6. The summed E-state index contributed by atoms with van der Waals surface area (Å²) in [5.74, 6) is -1.98. The summed E-state index contributed by atoms with van der Waals surface area (Å²) in [6.07, 6.45) is 1.61. The van der Waals surface area contributed by atoms with Gasteiger partial charge in [-0.3, -0.25) is 9.69 Å². The summed E-state index contributed by atoms with van der Waals surface area (Å²) < 4.78 is 5.02. The number of hydrogen-bond donors (Lipinski definition) is 2. The van der Waals surface area contributed by atoms with Gasteiger partial charge < -0.3 is 15.6 Å². The summed E-state index contributed by atoms with van der Waals surface area (Å²) >= 11 is 0. The molecule has 3 rings (SSSR count). The van der Waals surface area contributed by atoms with Crippen LogP contribution in [0.3, 0.4) is 0 Å². The Bertz CT molecular complexity index is 601. The monoisotopic (exact) mass is 318 g/mol. The summed E-state index contributed by atoms with van der Waals surface area (Å²) in [5, 5.41) is 10.2. The van der Waals surface area contributed by atoms with Gasteiger partial charge in [-0.1, -0.05) is 12.1 Å². The lowest BCUT2D eigenvalue weighted by Gasteiger charge is -2.39. The average Bonchev–Trinajstić information content (AvgIpc) is 2.79. The van der Waals surface area contributed by atoms with Gasteiger partial charge in [-0.25, -0.2) is 4.79 Å². The Balaban J connectivity index is 1.69. The Labute approximate surface area is 135 Å². The third-order valence-corrected chi connectivity index (χ3v) is 5.13. The molecular formula is C17H22N2O4. The number of aliphatic hydroxyl groups is 1. The van der Waals surface area contributed by atoms with Gasteiger partial charge in [0.2, 0.25) is 0 Å². The van der Waals surface area contributed by atoms with Gasteiger partial charge in [0, 0.05) is 18.6 Å². The molecule has 2 aliphatic heterocycles. The predicted molar refractivity (Wildman–Crippen MR) is 83.4 cm³/mol. The zero-order valence-electron chi connectivity index (χ0n) is 13.1. The van der Waals surface area contributed by atoms with Crippen LogP contribution < -0.4 is 5.73 Å². The number of aliphatic hydroxyl groups excluding tert-OH is 1. The standard InChI is InChI=1S/C17H22N2O4/c1-19-12-6-7-13(19)15(14(20)8-12)17(22)23-16(21)11-4-2-10(9-18)3-5-11/h2-5,12-15,20H,6-9,18H2,1H3/t12-,13+,14-,15+/m0/s1. The highest BCUT2D eigenvalue weighted by Gasteiger charge is 2.49. The van der Waals surface area contributed by atoms with Gasteiger partial charge >= 0.3 is 11.9 Å². The summed E-state index contributed by atoms with van der Waals surface area (Å²) in [7, 11) is 1.96. The van der Waals surface area contributed by atoms with Crippen LogP contribution >= 0.6 is 0 Å². The van der Waals surface area contributed by atoms with Crippen LogP contribution in [0.25, 0.3) is 0 Å². The van der Waals surface area contributed by atoms with Gasteiger partial charge in [-0.15, -0.1) is 0 Å². The van der Waals surface area contributed by atoms with E-state index in [4.69, 9.17) is 10.5 Å². The first kappa shape index (κ1) is 16.1. The number of rotatable bonds is 3. The Hall–Kier alpha value is -1.76. The second kappa shape index (κ2) is 6.39. The van der Waals surface area contributed by atoms with E-state index in [9.17, 15) is 14.7 Å². The van der Waals surface area contributed by atoms with Gasteiger partial charge in [-0.2, -0.15) is 0 Å². The van der Waals surface area contributed by atoms with E-state index >= 15 is 0 Å². The fourth-order valence-electron chi connectivity index (χ4n) is 3.75. The molecule has 0 unspecified atom stereocenters. The van der Waals surface area contributed by atoms with E-state index in [1.807, 2.05) is 7.05 Å². The fraction of sp³-hybridized carbons (Fsp3) is 0.529. The van der Waals surface area contributed by atoms with Gasteiger partial charge in [0.25, 0.3) is 0 Å². The van der Waals surface area contributed by atoms with E-state index in [1.54, 1.807) is 24.3 Å². The summed E-state index contributed by atoms with van der Waals surface area (Å²) in [5.41, 5.74) is 6.72. The third kappa shape index (κ3) is 3.02. The van der Waals surface area contributed by atoms with E-state index in [0.717, 1.165) is 18.4 Å². The quantitative estimate of drug-likeness (QED) is 0.629. The van der Waals surface area contributed by atoms with E-state index < -0.39 is 24.0 Å². The maximum atomic E-state index is 12.4. The van der Waals surface area contributed by atoms with Gasteiger partial charge in [0.05, 0.1) is 17.6 Å². The van der Waals surface area contributed by atoms with Crippen LogP contribution in [0.5, 0.6) is 0 Å². The van der Waals surface area contributed by atoms with Crippen molar-refractivity contribution in [2.24, 2.45) is 11.7 Å². The first-order valence-corrected chi connectivity index (χ1v) is 7.96. The van der Waals surface area contributed by atoms with Gasteiger partial charge in [0.15, 0.2) is 0 Å². The minimum absolute atomic E-state index is 0.0522. The van der Waals surface area contributed by atoms with Gasteiger partial charge in [0.1, 0.15) is 0 Å². The zero-order valence-corrected chi connectivity index (χ0v) is 13.1. The topological polar surface area (TPSA) is 92.9 Å². The molecule has 2 fully saturated rings. The molecule has 4 atom stereocenters. The molecular weight excluding hydrogens is 296 g/mol. The molecule has 0 amide bonds. The summed E-state index contributed by atoms with van der Waals surface area (Å²) in [6.45, 7) is 0.387. The average molecular weight is 318 g/mol. The lowest BCUT2D eigenvalue weighted by Crippen LogP contribution is -2.52. The van der Waals surface area contributed by atoms with Crippen molar-refractivity contribution in [3.63, 3.8) is 0 Å². The van der Waals surface area contributed by atoms with Crippen LogP contribution in [0, 0.1) is 5.92 Å². The van der Waals surface area contributed by atoms with Crippen molar-refractivity contribution in [1.29, 1.82) is 0 Å². The first-order chi connectivity index (χ1) is 11.0. The number of nitrogens with zero attached hydrogens (tertiary/aromatic N) is 1. The highest BCUT2D eigenvalue weighted by atomic mass is 16.6. The van der Waals surface area contributed by atoms with Crippen molar-refractivity contribution in [2.75, 3.05) is 7.05 Å². The minimum atomic E-state index is -0.747. The maximum Gasteiger partial charge on any atom is 0.345 e. The van der Waals surface area contributed by atoms with E-state index in [1.165, 1.54) is 0 Å². The van der Waals surface area contributed by atoms with Crippen LogP contribution in [0.4, 0.5) is 0 Å². The molecule has 0 spiro atoms. The van der Waals surface area contributed by atoms with E-state index in [2.05, 4.69) is 4.90 Å². The summed E-state index contributed by atoms with van der Waals surface area (Å²) in [6, 6.07) is 6.90. The molecule has 0 radical (unpaired) electrons. The van der Waals surface area contributed by atoms with Crippen molar-refractivity contribution in [2.45, 2.75) is 44.0 Å². The normalized spacial score (nSPS) is 30.2. The molecule has 1 aromatic rings. The Kier molecular flexibility index (Phi) is 4.48. The minimum Gasteiger partial charge on any atom is -0.392 e. The number of esters is 2. The molecule has 0 saturated carbocycles. The van der Waals surface area contributed by atoms with E-state index in [-0.39, 0.29) is 6.04 Å². The van der Waals surface area contributed by atoms with E-state index in [0.29, 0.717) is 24.6 Å². The molecule has 2 bridgehead atoms. The largest absolute Gasteiger partial charge is 0.392 e. The second-order valence-electron chi connectivity index (χ2n) is 6.40. The maximum absolute atomic E-state index is 12.4. The molecule has 124 valence electrons. The third-order valence-electron chi connectivity index (χ3n) is 5.13. The summed E-state index contributed by atoms with van der Waals surface area (Å²) in [4.78, 5) is 26.6. The molecule has 2 aliphatic rings. The number of carbonyl (C=O) groups is 2. The predicted octanol–water partition coefficient (Wildman–Crippen LogP) is 0.672. The molecule has 0 aromatic heterocycles. The van der Waals surface area contributed by atoms with Crippen LogP contribution in [0.2, 0.25) is 0 Å². The Morgan fingerprint density at radius 2 is 2.00 bits per heavy atom. The molecule has 23 heavy (non-hydrogen) atoms. The van der Waals surface area contributed by atoms with Crippen LogP contribution in [0.1, 0.15) is 35.2 Å². The lowest BCUT2D eigenvalue weighted by atomic mass is 9.88. The molecule has 2 heterocycles. The Morgan fingerprint density at radius 1 is 1.30 bits per heavy atom. The van der Waals surface area contributed by atoms with Crippen molar-refractivity contribution in [3.8, 4) is 0 Å². The van der Waals surface area contributed by atoms with Crippen molar-refractivity contribution >= 4 is 11.9 Å². The highest BCUT2D eigenvalue weighted by Crippen LogP contribution is 2.38. The Morgan fingerprint density at radius 3 is 2.65 bits per heavy atom. The van der Waals surface area contributed by atoms with Crippen molar-refractivity contribution in [1.82, 2.24) is 4.90 Å². The number of fused-ring (bicyclic) bond motifs is 2. The molecule has 1 aromatic carbocycles. The fourth-order valence-corrected chi connectivity index (χ4v) is 3.75. The molecule has 6 nitrogen and oxygen atoms in total. The van der Waals surface area contributed by atoms with Crippen molar-refractivity contribution < 1.29 is 19.4 Å². The lowest BCUT2D eigenvalue weighted by molar-refractivity contribution is -0.152. The smallest absolute Gasteiger partial charge is 0.345 e. The first-order valence-electron chi connectivity index (χ1n) is 7.96. The van der Waals surface area contributed by atoms with Gasteiger partial charge in [-0.05, 0) is 44.0 Å². The SMILES string of the molecule is CN1[C@H]2CC[C@@H]1[C@@H](C(=O)OC(=O)c1ccc(CN)cc1)[C@@H](O)C2. The number of nitrogens with two attached hydrogens (primary N) is 1.